The van der Waals surface area contributed by atoms with Gasteiger partial charge in [0.2, 0.25) is 5.91 Å². The minimum atomic E-state index is -0.339. The summed E-state index contributed by atoms with van der Waals surface area (Å²) >= 11 is 13.4. The van der Waals surface area contributed by atoms with Crippen LogP contribution in [0, 0.1) is 12.8 Å². The van der Waals surface area contributed by atoms with Crippen LogP contribution in [-0.4, -0.2) is 32.3 Å². The van der Waals surface area contributed by atoms with E-state index in [0.29, 0.717) is 38.8 Å². The predicted octanol–water partition coefficient (Wildman–Crippen LogP) is 5.77. The standard InChI is InChI=1S/C24H27Cl2N5O2S/c1-5-31-22(21(14(2)3)28-23(33)16-9-6-8-15(4)12-16)29-30-24(31)34-13-19(32)27-18-11-7-10-17(25)20(18)26/h6-12,14,21H,5,13H2,1-4H3,(H,27,32)(H,28,33)/t21-/m0/s1. The lowest BCUT2D eigenvalue weighted by Crippen LogP contribution is -2.33. The van der Waals surface area contributed by atoms with Crippen LogP contribution in [0.3, 0.4) is 0 Å². The van der Waals surface area contributed by atoms with Gasteiger partial charge in [-0.25, -0.2) is 0 Å². The van der Waals surface area contributed by atoms with E-state index in [1.807, 2.05) is 50.5 Å². The number of aromatic nitrogens is 3. The van der Waals surface area contributed by atoms with Crippen molar-refractivity contribution in [2.75, 3.05) is 11.1 Å². The SMILES string of the molecule is CCn1c(SCC(=O)Nc2cccc(Cl)c2Cl)nnc1[C@@H](NC(=O)c1cccc(C)c1)C(C)C. The molecule has 1 atom stereocenters. The lowest BCUT2D eigenvalue weighted by molar-refractivity contribution is -0.113. The number of halogens is 2. The summed E-state index contributed by atoms with van der Waals surface area (Å²) in [5, 5.41) is 15.8. The van der Waals surface area contributed by atoms with Crippen molar-refractivity contribution in [1.29, 1.82) is 0 Å². The van der Waals surface area contributed by atoms with Gasteiger partial charge >= 0.3 is 0 Å². The summed E-state index contributed by atoms with van der Waals surface area (Å²) in [4.78, 5) is 25.4. The highest BCUT2D eigenvalue weighted by atomic mass is 35.5. The Morgan fingerprint density at radius 3 is 2.53 bits per heavy atom. The summed E-state index contributed by atoms with van der Waals surface area (Å²) < 4.78 is 1.92. The second kappa shape index (κ2) is 11.7. The molecule has 0 bridgehead atoms. The van der Waals surface area contributed by atoms with E-state index in [0.717, 1.165) is 5.56 Å². The Labute approximate surface area is 213 Å². The first-order valence-corrected chi connectivity index (χ1v) is 12.6. The first-order chi connectivity index (χ1) is 16.2. The Morgan fingerprint density at radius 2 is 1.85 bits per heavy atom. The van der Waals surface area contributed by atoms with Gasteiger partial charge in [-0.1, -0.05) is 72.6 Å². The van der Waals surface area contributed by atoms with E-state index in [1.165, 1.54) is 11.8 Å². The minimum absolute atomic E-state index is 0.0781. The smallest absolute Gasteiger partial charge is 0.251 e. The number of rotatable bonds is 9. The minimum Gasteiger partial charge on any atom is -0.342 e. The van der Waals surface area contributed by atoms with Crippen molar-refractivity contribution in [3.63, 3.8) is 0 Å². The molecule has 3 rings (SSSR count). The molecule has 0 unspecified atom stereocenters. The van der Waals surface area contributed by atoms with Crippen molar-refractivity contribution in [2.24, 2.45) is 5.92 Å². The Morgan fingerprint density at radius 1 is 1.12 bits per heavy atom. The monoisotopic (exact) mass is 519 g/mol. The van der Waals surface area contributed by atoms with Crippen molar-refractivity contribution >= 4 is 52.5 Å². The van der Waals surface area contributed by atoms with E-state index in [2.05, 4.69) is 20.8 Å². The molecule has 2 aromatic carbocycles. The number of benzene rings is 2. The third-order valence-electron chi connectivity index (χ3n) is 5.13. The van der Waals surface area contributed by atoms with Crippen molar-refractivity contribution in [2.45, 2.75) is 45.4 Å². The van der Waals surface area contributed by atoms with Gasteiger partial charge in [0.15, 0.2) is 11.0 Å². The molecule has 0 spiro atoms. The Kier molecular flexibility index (Phi) is 8.99. The van der Waals surface area contributed by atoms with Crippen molar-refractivity contribution in [1.82, 2.24) is 20.1 Å². The van der Waals surface area contributed by atoms with Gasteiger partial charge in [0, 0.05) is 12.1 Å². The number of carbonyl (C=O) groups is 2. The molecule has 34 heavy (non-hydrogen) atoms. The molecule has 0 saturated heterocycles. The molecule has 2 amide bonds. The van der Waals surface area contributed by atoms with Crippen LogP contribution in [0.15, 0.2) is 47.6 Å². The number of hydrogen-bond donors (Lipinski definition) is 2. The first kappa shape index (κ1) is 26.1. The molecule has 7 nitrogen and oxygen atoms in total. The molecule has 10 heteroatoms. The van der Waals surface area contributed by atoms with Gasteiger partial charge in [0.25, 0.3) is 5.91 Å². The molecule has 0 saturated carbocycles. The maximum atomic E-state index is 12.9. The quantitative estimate of drug-likeness (QED) is 0.350. The second-order valence-electron chi connectivity index (χ2n) is 8.09. The number of carbonyl (C=O) groups excluding carboxylic acids is 2. The molecule has 0 radical (unpaired) electrons. The topological polar surface area (TPSA) is 88.9 Å². The molecular weight excluding hydrogens is 493 g/mol. The maximum Gasteiger partial charge on any atom is 0.251 e. The van der Waals surface area contributed by atoms with Gasteiger partial charge in [-0.05, 0) is 44.0 Å². The zero-order chi connectivity index (χ0) is 24.8. The van der Waals surface area contributed by atoms with Crippen LogP contribution >= 0.6 is 35.0 Å². The third kappa shape index (κ3) is 6.31. The maximum absolute atomic E-state index is 12.9. The van der Waals surface area contributed by atoms with Crippen LogP contribution in [-0.2, 0) is 11.3 Å². The van der Waals surface area contributed by atoms with Crippen molar-refractivity contribution < 1.29 is 9.59 Å². The molecule has 1 heterocycles. The first-order valence-electron chi connectivity index (χ1n) is 10.9. The molecule has 0 aliphatic carbocycles. The van der Waals surface area contributed by atoms with Crippen LogP contribution in [0.5, 0.6) is 0 Å². The van der Waals surface area contributed by atoms with Crippen LogP contribution in [0.4, 0.5) is 5.69 Å². The number of anilines is 1. The molecule has 2 N–H and O–H groups in total. The van der Waals surface area contributed by atoms with Crippen LogP contribution in [0.25, 0.3) is 0 Å². The van der Waals surface area contributed by atoms with Crippen molar-refractivity contribution in [3.05, 3.63) is 69.5 Å². The number of hydrogen-bond acceptors (Lipinski definition) is 5. The largest absolute Gasteiger partial charge is 0.342 e. The number of aryl methyl sites for hydroxylation is 1. The summed E-state index contributed by atoms with van der Waals surface area (Å²) in [5.74, 6) is 0.437. The molecule has 3 aromatic rings. The number of thioether (sulfide) groups is 1. The van der Waals surface area contributed by atoms with Crippen LogP contribution < -0.4 is 10.6 Å². The molecule has 1 aromatic heterocycles. The second-order valence-corrected chi connectivity index (χ2v) is 9.82. The fraction of sp³-hybridized carbons (Fsp3) is 0.333. The van der Waals surface area contributed by atoms with E-state index in [4.69, 9.17) is 23.2 Å². The lowest BCUT2D eigenvalue weighted by atomic mass is 10.0. The Bertz CT molecular complexity index is 1180. The fourth-order valence-electron chi connectivity index (χ4n) is 3.39. The zero-order valence-electron chi connectivity index (χ0n) is 19.4. The summed E-state index contributed by atoms with van der Waals surface area (Å²) in [6, 6.07) is 12.2. The molecule has 0 aliphatic heterocycles. The van der Waals surface area contributed by atoms with Gasteiger partial charge in [-0.3, -0.25) is 9.59 Å². The van der Waals surface area contributed by atoms with Crippen LogP contribution in [0.1, 0.15) is 48.6 Å². The van der Waals surface area contributed by atoms with Crippen molar-refractivity contribution in [3.8, 4) is 0 Å². The number of amides is 2. The highest BCUT2D eigenvalue weighted by Crippen LogP contribution is 2.30. The molecular formula is C24H27Cl2N5O2S. The number of nitrogens with zero attached hydrogens (tertiary/aromatic N) is 3. The van der Waals surface area contributed by atoms with Gasteiger partial charge in [-0.15, -0.1) is 10.2 Å². The average molecular weight is 520 g/mol. The van der Waals surface area contributed by atoms with Gasteiger partial charge in [-0.2, -0.15) is 0 Å². The van der Waals surface area contributed by atoms with Gasteiger partial charge < -0.3 is 15.2 Å². The highest BCUT2D eigenvalue weighted by molar-refractivity contribution is 7.99. The summed E-state index contributed by atoms with van der Waals surface area (Å²) in [6.07, 6.45) is 0. The molecule has 0 fully saturated rings. The van der Waals surface area contributed by atoms with Crippen LogP contribution in [0.2, 0.25) is 10.0 Å². The van der Waals surface area contributed by atoms with E-state index in [-0.39, 0.29) is 29.5 Å². The number of nitrogens with one attached hydrogen (secondary N) is 2. The highest BCUT2D eigenvalue weighted by Gasteiger charge is 2.26. The summed E-state index contributed by atoms with van der Waals surface area (Å²) in [6.45, 7) is 8.55. The van der Waals surface area contributed by atoms with Gasteiger partial charge in [0.05, 0.1) is 27.5 Å². The predicted molar refractivity (Wildman–Crippen MR) is 138 cm³/mol. The molecule has 180 valence electrons. The normalized spacial score (nSPS) is 12.0. The Balaban J connectivity index is 1.72. The Hall–Kier alpha value is -2.55. The van der Waals surface area contributed by atoms with Gasteiger partial charge in [0.1, 0.15) is 0 Å². The summed E-state index contributed by atoms with van der Waals surface area (Å²) in [7, 11) is 0. The average Bonchev–Trinajstić information content (AvgIpc) is 3.21. The van der Waals surface area contributed by atoms with E-state index >= 15 is 0 Å². The molecule has 0 aliphatic rings. The fourth-order valence-corrected chi connectivity index (χ4v) is 4.55. The van der Waals surface area contributed by atoms with E-state index in [9.17, 15) is 9.59 Å². The van der Waals surface area contributed by atoms with E-state index in [1.54, 1.807) is 24.3 Å². The summed E-state index contributed by atoms with van der Waals surface area (Å²) in [5.41, 5.74) is 2.07. The third-order valence-corrected chi connectivity index (χ3v) is 6.92. The lowest BCUT2D eigenvalue weighted by Gasteiger charge is -2.22. The van der Waals surface area contributed by atoms with E-state index < -0.39 is 0 Å². The zero-order valence-corrected chi connectivity index (χ0v) is 21.8.